The molecule has 0 aromatic heterocycles. The summed E-state index contributed by atoms with van der Waals surface area (Å²) in [6, 6.07) is 18.4. The van der Waals surface area contributed by atoms with E-state index in [-0.39, 0.29) is 30.9 Å². The van der Waals surface area contributed by atoms with Crippen molar-refractivity contribution in [3.8, 4) is 5.75 Å². The molecule has 0 bridgehead atoms. The second-order valence-electron chi connectivity index (χ2n) is 5.83. The molecule has 3 aromatic rings. The molecule has 28 heavy (non-hydrogen) atoms. The Balaban J connectivity index is 2.13. The maximum atomic E-state index is 13.4. The Labute approximate surface area is 189 Å². The maximum Gasteiger partial charge on any atom is 0.330 e. The van der Waals surface area contributed by atoms with Crippen LogP contribution in [0, 0.1) is 0 Å². The zero-order chi connectivity index (χ0) is 20.5. The zero-order valence-electron chi connectivity index (χ0n) is 14.1. The fourth-order valence-corrected chi connectivity index (χ4v) is 4.29. The molecular weight excluding hydrogens is 480 g/mol. The lowest BCUT2D eigenvalue weighted by atomic mass is 9.90. The SMILES string of the molecule is O=C(Oc1c(Cl)c(Cl)c(Cl)c(Cl)c1Cl)C(P)(c1ccccc1)c1ccccc1. The molecule has 0 saturated heterocycles. The van der Waals surface area contributed by atoms with Crippen molar-refractivity contribution in [2.75, 3.05) is 0 Å². The van der Waals surface area contributed by atoms with Crippen LogP contribution >= 0.6 is 67.2 Å². The van der Waals surface area contributed by atoms with Gasteiger partial charge in [-0.05, 0) is 11.1 Å². The molecule has 0 saturated carbocycles. The van der Waals surface area contributed by atoms with Gasteiger partial charge < -0.3 is 4.74 Å². The number of rotatable bonds is 4. The van der Waals surface area contributed by atoms with Gasteiger partial charge in [0.2, 0.25) is 0 Å². The summed E-state index contributed by atoms with van der Waals surface area (Å²) in [5, 5.41) is -1.51. The van der Waals surface area contributed by atoms with Gasteiger partial charge in [0.15, 0.2) is 5.75 Å². The molecule has 3 aromatic carbocycles. The highest BCUT2D eigenvalue weighted by Gasteiger charge is 2.40. The average Bonchev–Trinajstić information content (AvgIpc) is 2.74. The Morgan fingerprint density at radius 3 is 1.43 bits per heavy atom. The lowest BCUT2D eigenvalue weighted by Crippen LogP contribution is -2.34. The van der Waals surface area contributed by atoms with Crippen molar-refractivity contribution in [1.29, 1.82) is 0 Å². The molecule has 144 valence electrons. The van der Waals surface area contributed by atoms with Crippen LogP contribution in [0.3, 0.4) is 0 Å². The van der Waals surface area contributed by atoms with Gasteiger partial charge in [-0.3, -0.25) is 0 Å². The van der Waals surface area contributed by atoms with E-state index < -0.39 is 11.1 Å². The second kappa shape index (κ2) is 8.79. The van der Waals surface area contributed by atoms with E-state index in [4.69, 9.17) is 62.7 Å². The Morgan fingerprint density at radius 2 is 1.04 bits per heavy atom. The molecule has 0 radical (unpaired) electrons. The van der Waals surface area contributed by atoms with Gasteiger partial charge in [0.05, 0.1) is 15.1 Å². The maximum absolute atomic E-state index is 13.4. The van der Waals surface area contributed by atoms with Gasteiger partial charge in [0, 0.05) is 0 Å². The molecule has 0 aliphatic carbocycles. The van der Waals surface area contributed by atoms with Crippen LogP contribution in [0.15, 0.2) is 60.7 Å². The van der Waals surface area contributed by atoms with E-state index in [0.717, 1.165) is 0 Å². The van der Waals surface area contributed by atoms with Crippen molar-refractivity contribution in [2.45, 2.75) is 5.16 Å². The number of benzene rings is 3. The third kappa shape index (κ3) is 3.87. The van der Waals surface area contributed by atoms with Gasteiger partial charge in [-0.25, -0.2) is 4.79 Å². The summed E-state index contributed by atoms with van der Waals surface area (Å²) < 4.78 is 5.62. The molecule has 0 amide bonds. The molecule has 1 unspecified atom stereocenters. The van der Waals surface area contributed by atoms with Crippen LogP contribution in [0.1, 0.15) is 11.1 Å². The van der Waals surface area contributed by atoms with Crippen molar-refractivity contribution in [1.82, 2.24) is 0 Å². The first-order valence-corrected chi connectivity index (χ1v) is 10.4. The molecule has 0 N–H and O–H groups in total. The van der Waals surface area contributed by atoms with Crippen molar-refractivity contribution in [3.05, 3.63) is 96.9 Å². The first-order valence-electron chi connectivity index (χ1n) is 7.92. The molecule has 0 fully saturated rings. The number of ether oxygens (including phenoxy) is 1. The largest absolute Gasteiger partial charge is 0.422 e. The van der Waals surface area contributed by atoms with Crippen molar-refractivity contribution >= 4 is 73.2 Å². The molecule has 1 atom stereocenters. The summed E-state index contributed by atoms with van der Waals surface area (Å²) in [5.41, 5.74) is 1.41. The van der Waals surface area contributed by atoms with Crippen molar-refractivity contribution < 1.29 is 9.53 Å². The summed E-state index contributed by atoms with van der Waals surface area (Å²) in [5.74, 6) is -0.778. The molecule has 2 nitrogen and oxygen atoms in total. The fourth-order valence-electron chi connectivity index (χ4n) is 2.65. The topological polar surface area (TPSA) is 26.3 Å². The number of carbonyl (C=O) groups excluding carboxylic acids is 1. The van der Waals surface area contributed by atoms with Crippen LogP contribution in [0.2, 0.25) is 25.1 Å². The van der Waals surface area contributed by atoms with E-state index >= 15 is 0 Å². The van der Waals surface area contributed by atoms with E-state index in [0.29, 0.717) is 11.1 Å². The third-order valence-electron chi connectivity index (χ3n) is 4.14. The van der Waals surface area contributed by atoms with E-state index in [2.05, 4.69) is 9.24 Å². The minimum atomic E-state index is -1.21. The molecular formula is C20H12Cl5O2P. The Hall–Kier alpha value is -0.990. The predicted octanol–water partition coefficient (Wildman–Crippen LogP) is 7.68. The molecule has 0 heterocycles. The molecule has 0 aliphatic rings. The summed E-state index contributed by atoms with van der Waals surface area (Å²) in [7, 11) is 2.57. The summed E-state index contributed by atoms with van der Waals surface area (Å²) in [6.07, 6.45) is 0. The van der Waals surface area contributed by atoms with Crippen LogP contribution in [-0.4, -0.2) is 5.97 Å². The number of hydrogen-bond donors (Lipinski definition) is 0. The zero-order valence-corrected chi connectivity index (χ0v) is 19.0. The number of hydrogen-bond acceptors (Lipinski definition) is 2. The Kier molecular flexibility index (Phi) is 6.82. The minimum Gasteiger partial charge on any atom is -0.422 e. The first-order chi connectivity index (χ1) is 13.3. The van der Waals surface area contributed by atoms with Gasteiger partial charge in [-0.2, -0.15) is 0 Å². The molecule has 0 aliphatic heterocycles. The lowest BCUT2D eigenvalue weighted by Gasteiger charge is -2.28. The molecule has 8 heteroatoms. The Bertz CT molecular complexity index is 957. The van der Waals surface area contributed by atoms with Crippen molar-refractivity contribution in [3.63, 3.8) is 0 Å². The normalized spacial score (nSPS) is 11.4. The van der Waals surface area contributed by atoms with E-state index in [9.17, 15) is 4.79 Å². The number of esters is 1. The quantitative estimate of drug-likeness (QED) is 0.123. The fraction of sp³-hybridized carbons (Fsp3) is 0.0500. The highest BCUT2D eigenvalue weighted by molar-refractivity contribution is 7.21. The highest BCUT2D eigenvalue weighted by Crippen LogP contribution is 2.49. The highest BCUT2D eigenvalue weighted by atomic mass is 35.5. The predicted molar refractivity (Wildman–Crippen MR) is 121 cm³/mol. The van der Waals surface area contributed by atoms with Crippen molar-refractivity contribution in [2.24, 2.45) is 0 Å². The summed E-state index contributed by atoms with van der Waals surface area (Å²) in [4.78, 5) is 13.4. The van der Waals surface area contributed by atoms with E-state index in [1.54, 1.807) is 0 Å². The van der Waals surface area contributed by atoms with Crippen LogP contribution in [0.4, 0.5) is 0 Å². The van der Waals surface area contributed by atoms with Gasteiger partial charge in [-0.1, -0.05) is 119 Å². The van der Waals surface area contributed by atoms with Crippen LogP contribution in [-0.2, 0) is 9.95 Å². The first kappa shape index (κ1) is 21.7. The standard InChI is InChI=1S/C20H12Cl5O2P/c21-13-14(22)16(24)18(17(25)15(13)23)27-19(26)20(28,11-7-3-1-4-8-11)12-9-5-2-6-10-12/h1-10H,28H2. The number of halogens is 5. The molecule has 3 rings (SSSR count). The second-order valence-corrected chi connectivity index (χ2v) is 8.58. The smallest absolute Gasteiger partial charge is 0.330 e. The monoisotopic (exact) mass is 490 g/mol. The minimum absolute atomic E-state index is 0.0126. The van der Waals surface area contributed by atoms with E-state index in [1.165, 1.54) is 0 Å². The lowest BCUT2D eigenvalue weighted by molar-refractivity contribution is -0.136. The summed E-state index contributed by atoms with van der Waals surface area (Å²) >= 11 is 30.6. The third-order valence-corrected chi connectivity index (χ3v) is 7.29. The Morgan fingerprint density at radius 1 is 0.679 bits per heavy atom. The van der Waals surface area contributed by atoms with Gasteiger partial charge in [0.25, 0.3) is 0 Å². The van der Waals surface area contributed by atoms with Crippen LogP contribution in [0.5, 0.6) is 5.75 Å². The number of carbonyl (C=O) groups is 1. The van der Waals surface area contributed by atoms with Gasteiger partial charge in [0.1, 0.15) is 15.2 Å². The van der Waals surface area contributed by atoms with Crippen LogP contribution < -0.4 is 4.74 Å². The van der Waals surface area contributed by atoms with E-state index in [1.807, 2.05) is 60.7 Å². The average molecular weight is 493 g/mol. The summed E-state index contributed by atoms with van der Waals surface area (Å²) in [6.45, 7) is 0. The molecule has 0 spiro atoms. The van der Waals surface area contributed by atoms with Crippen LogP contribution in [0.25, 0.3) is 0 Å². The van der Waals surface area contributed by atoms with Gasteiger partial charge >= 0.3 is 5.97 Å². The van der Waals surface area contributed by atoms with Gasteiger partial charge in [-0.15, -0.1) is 9.24 Å².